The zero-order valence-corrected chi connectivity index (χ0v) is 11.4. The highest BCUT2D eigenvalue weighted by Crippen LogP contribution is 2.36. The van der Waals surface area contributed by atoms with Crippen LogP contribution in [0.3, 0.4) is 0 Å². The third-order valence-electron chi connectivity index (χ3n) is 4.37. The summed E-state index contributed by atoms with van der Waals surface area (Å²) in [6, 6.07) is 6.02. The highest BCUT2D eigenvalue weighted by molar-refractivity contribution is 5.96. The van der Waals surface area contributed by atoms with Crippen LogP contribution in [0.25, 0.3) is 0 Å². The summed E-state index contributed by atoms with van der Waals surface area (Å²) in [6.07, 6.45) is 1.88. The van der Waals surface area contributed by atoms with Crippen LogP contribution in [0.5, 0.6) is 0 Å². The molecule has 5 nitrogen and oxygen atoms in total. The van der Waals surface area contributed by atoms with Crippen LogP contribution in [0.1, 0.15) is 30.0 Å². The number of benzene rings is 1. The van der Waals surface area contributed by atoms with Gasteiger partial charge in [0.05, 0.1) is 5.92 Å². The molecule has 0 saturated carbocycles. The Balaban J connectivity index is 1.92. The quantitative estimate of drug-likeness (QED) is 0.853. The van der Waals surface area contributed by atoms with E-state index in [1.165, 1.54) is 5.56 Å². The molecular formula is C15H18N2O3. The van der Waals surface area contributed by atoms with Gasteiger partial charge in [-0.25, -0.2) is 0 Å². The first kappa shape index (κ1) is 13.1. The molecule has 2 aliphatic rings. The van der Waals surface area contributed by atoms with Crippen LogP contribution < -0.4 is 10.2 Å². The monoisotopic (exact) mass is 274 g/mol. The van der Waals surface area contributed by atoms with E-state index < -0.39 is 5.97 Å². The second-order valence-electron chi connectivity index (χ2n) is 5.53. The maximum atomic E-state index is 11.8. The van der Waals surface area contributed by atoms with Gasteiger partial charge in [-0.1, -0.05) is 12.1 Å². The summed E-state index contributed by atoms with van der Waals surface area (Å²) < 4.78 is 0. The predicted octanol–water partition coefficient (Wildman–Crippen LogP) is 1.33. The number of carboxylic acid groups (broad SMARTS) is 1. The van der Waals surface area contributed by atoms with Crippen LogP contribution in [0.15, 0.2) is 18.2 Å². The van der Waals surface area contributed by atoms with E-state index >= 15 is 0 Å². The molecule has 2 aliphatic heterocycles. The maximum Gasteiger partial charge on any atom is 0.307 e. The first-order chi connectivity index (χ1) is 9.58. The molecular weight excluding hydrogens is 256 g/mol. The first-order valence-corrected chi connectivity index (χ1v) is 6.92. The fraction of sp³-hybridized carbons (Fsp3) is 0.467. The average molecular weight is 274 g/mol. The molecule has 0 spiro atoms. The van der Waals surface area contributed by atoms with Crippen LogP contribution in [0.4, 0.5) is 5.69 Å². The van der Waals surface area contributed by atoms with Crippen LogP contribution in [0, 0.1) is 5.92 Å². The van der Waals surface area contributed by atoms with Crippen molar-refractivity contribution in [1.82, 2.24) is 5.32 Å². The van der Waals surface area contributed by atoms with Gasteiger partial charge in [0.2, 0.25) is 5.91 Å². The van der Waals surface area contributed by atoms with Crippen molar-refractivity contribution >= 4 is 17.6 Å². The van der Waals surface area contributed by atoms with Gasteiger partial charge in [0.15, 0.2) is 0 Å². The fourth-order valence-electron chi connectivity index (χ4n) is 3.20. The molecule has 1 aromatic carbocycles. The Kier molecular flexibility index (Phi) is 3.22. The van der Waals surface area contributed by atoms with Crippen LogP contribution in [-0.2, 0) is 16.0 Å². The summed E-state index contributed by atoms with van der Waals surface area (Å²) in [6.45, 7) is 0.512. The number of carbonyl (C=O) groups is 2. The van der Waals surface area contributed by atoms with Gasteiger partial charge in [0.1, 0.15) is 0 Å². The third-order valence-corrected chi connectivity index (χ3v) is 4.37. The molecule has 2 heterocycles. The number of amides is 1. The lowest BCUT2D eigenvalue weighted by atomic mass is 9.90. The fourth-order valence-corrected chi connectivity index (χ4v) is 3.20. The number of carboxylic acids is 1. The average Bonchev–Trinajstić information content (AvgIpc) is 2.92. The molecule has 3 rings (SSSR count). The number of aliphatic carboxylic acids is 1. The number of hydrogen-bond acceptors (Lipinski definition) is 3. The minimum absolute atomic E-state index is 0.0765. The molecule has 106 valence electrons. The van der Waals surface area contributed by atoms with Crippen LogP contribution in [0.2, 0.25) is 0 Å². The minimum atomic E-state index is -0.739. The van der Waals surface area contributed by atoms with E-state index in [-0.39, 0.29) is 17.9 Å². The minimum Gasteiger partial charge on any atom is -0.481 e. The van der Waals surface area contributed by atoms with Crippen molar-refractivity contribution in [3.05, 3.63) is 29.3 Å². The standard InChI is InChI=1S/C15H18N2O3/c1-17-13-4-2-3-10(11(13)5-6-14(17)18)12-7-9(8-16-12)15(19)20/h2-4,9,12,16H,5-8H2,1H3,(H,19,20). The van der Waals surface area contributed by atoms with Gasteiger partial charge in [0.25, 0.3) is 0 Å². The van der Waals surface area contributed by atoms with Gasteiger partial charge in [-0.05, 0) is 30.0 Å². The Morgan fingerprint density at radius 1 is 1.40 bits per heavy atom. The Bertz CT molecular complexity index is 570. The van der Waals surface area contributed by atoms with Crippen molar-refractivity contribution in [3.63, 3.8) is 0 Å². The van der Waals surface area contributed by atoms with E-state index in [1.54, 1.807) is 11.9 Å². The predicted molar refractivity (Wildman–Crippen MR) is 74.7 cm³/mol. The molecule has 1 saturated heterocycles. The third kappa shape index (κ3) is 2.08. The Hall–Kier alpha value is -1.88. The van der Waals surface area contributed by atoms with E-state index in [0.717, 1.165) is 17.7 Å². The zero-order valence-electron chi connectivity index (χ0n) is 11.4. The van der Waals surface area contributed by atoms with Crippen LogP contribution in [-0.4, -0.2) is 30.6 Å². The van der Waals surface area contributed by atoms with E-state index in [1.807, 2.05) is 18.2 Å². The molecule has 0 aliphatic carbocycles. The topological polar surface area (TPSA) is 69.6 Å². The summed E-state index contributed by atoms with van der Waals surface area (Å²) >= 11 is 0. The second kappa shape index (κ2) is 4.90. The summed E-state index contributed by atoms with van der Waals surface area (Å²) in [5, 5.41) is 12.4. The lowest BCUT2D eigenvalue weighted by Crippen LogP contribution is -2.32. The number of nitrogens with zero attached hydrogens (tertiary/aromatic N) is 1. The SMILES string of the molecule is CN1C(=O)CCc2c(C3CC(C(=O)O)CN3)cccc21. The van der Waals surface area contributed by atoms with Gasteiger partial charge in [-0.15, -0.1) is 0 Å². The summed E-state index contributed by atoms with van der Waals surface area (Å²) in [5.41, 5.74) is 3.28. The normalized spacial score (nSPS) is 25.6. The number of rotatable bonds is 2. The first-order valence-electron chi connectivity index (χ1n) is 6.92. The summed E-state index contributed by atoms with van der Waals surface area (Å²) in [5.74, 6) is -0.923. The molecule has 1 amide bonds. The number of fused-ring (bicyclic) bond motifs is 1. The molecule has 2 unspecified atom stereocenters. The molecule has 2 atom stereocenters. The zero-order chi connectivity index (χ0) is 14.3. The Morgan fingerprint density at radius 2 is 2.20 bits per heavy atom. The Morgan fingerprint density at radius 3 is 2.90 bits per heavy atom. The van der Waals surface area contributed by atoms with Gasteiger partial charge >= 0.3 is 5.97 Å². The van der Waals surface area contributed by atoms with Crippen molar-refractivity contribution < 1.29 is 14.7 Å². The number of hydrogen-bond donors (Lipinski definition) is 2. The highest BCUT2D eigenvalue weighted by atomic mass is 16.4. The van der Waals surface area contributed by atoms with Gasteiger partial charge < -0.3 is 15.3 Å². The van der Waals surface area contributed by atoms with Crippen molar-refractivity contribution in [1.29, 1.82) is 0 Å². The van der Waals surface area contributed by atoms with Crippen LogP contribution >= 0.6 is 0 Å². The highest BCUT2D eigenvalue weighted by Gasteiger charge is 2.33. The van der Waals surface area contributed by atoms with Gasteiger partial charge in [0, 0.05) is 31.7 Å². The second-order valence-corrected chi connectivity index (χ2v) is 5.53. The number of nitrogens with one attached hydrogen (secondary N) is 1. The molecule has 20 heavy (non-hydrogen) atoms. The maximum absolute atomic E-state index is 11.8. The smallest absolute Gasteiger partial charge is 0.307 e. The van der Waals surface area contributed by atoms with E-state index in [9.17, 15) is 9.59 Å². The molecule has 0 aromatic heterocycles. The lowest BCUT2D eigenvalue weighted by Gasteiger charge is -2.29. The van der Waals surface area contributed by atoms with E-state index in [0.29, 0.717) is 19.4 Å². The van der Waals surface area contributed by atoms with Crippen molar-refractivity contribution in [2.45, 2.75) is 25.3 Å². The molecule has 0 radical (unpaired) electrons. The molecule has 0 bridgehead atoms. The van der Waals surface area contributed by atoms with E-state index in [2.05, 4.69) is 5.32 Å². The molecule has 2 N–H and O–H groups in total. The summed E-state index contributed by atoms with van der Waals surface area (Å²) in [4.78, 5) is 24.5. The number of carbonyl (C=O) groups excluding carboxylic acids is 1. The van der Waals surface area contributed by atoms with E-state index in [4.69, 9.17) is 5.11 Å². The van der Waals surface area contributed by atoms with Gasteiger partial charge in [-0.3, -0.25) is 9.59 Å². The molecule has 1 aromatic rings. The molecule has 5 heteroatoms. The lowest BCUT2D eigenvalue weighted by molar-refractivity contribution is -0.141. The number of anilines is 1. The molecule has 1 fully saturated rings. The summed E-state index contributed by atoms with van der Waals surface area (Å²) in [7, 11) is 1.80. The largest absolute Gasteiger partial charge is 0.481 e. The van der Waals surface area contributed by atoms with Gasteiger partial charge in [-0.2, -0.15) is 0 Å². The van der Waals surface area contributed by atoms with Crippen molar-refractivity contribution in [2.24, 2.45) is 5.92 Å². The Labute approximate surface area is 117 Å². The van der Waals surface area contributed by atoms with Crippen molar-refractivity contribution in [2.75, 3.05) is 18.5 Å². The van der Waals surface area contributed by atoms with Crippen molar-refractivity contribution in [3.8, 4) is 0 Å².